The van der Waals surface area contributed by atoms with E-state index < -0.39 is 47.1 Å². The van der Waals surface area contributed by atoms with Crippen LogP contribution in [-0.4, -0.2) is 36.9 Å². The molecular formula is C46H35F5N6O4. The second kappa shape index (κ2) is 16.2. The predicted octanol–water partition coefficient (Wildman–Crippen LogP) is 8.96. The van der Waals surface area contributed by atoms with Crippen LogP contribution in [0.5, 0.6) is 11.5 Å². The Balaban J connectivity index is 1.19. The highest BCUT2D eigenvalue weighted by Crippen LogP contribution is 2.43. The topological polar surface area (TPSA) is 105 Å². The molecule has 0 aliphatic carbocycles. The summed E-state index contributed by atoms with van der Waals surface area (Å²) in [4.78, 5) is 26.6. The average molecular weight is 831 g/mol. The molecule has 308 valence electrons. The molecule has 1 amide bonds. The molecule has 8 rings (SSSR count). The van der Waals surface area contributed by atoms with Crippen molar-refractivity contribution >= 4 is 22.6 Å². The third kappa shape index (κ3) is 7.50. The van der Waals surface area contributed by atoms with Gasteiger partial charge in [0.25, 0.3) is 0 Å². The Hall–Kier alpha value is -7.55. The van der Waals surface area contributed by atoms with E-state index in [0.29, 0.717) is 5.82 Å². The Bertz CT molecular complexity index is 2820. The minimum atomic E-state index is -4.93. The van der Waals surface area contributed by atoms with Gasteiger partial charge < -0.3 is 14.8 Å². The highest BCUT2D eigenvalue weighted by atomic mass is 19.4. The molecule has 0 aliphatic heterocycles. The Kier molecular flexibility index (Phi) is 10.7. The number of hydrogen-bond acceptors (Lipinski definition) is 6. The highest BCUT2D eigenvalue weighted by Gasteiger charge is 2.40. The average Bonchev–Trinajstić information content (AvgIpc) is 3.83. The van der Waals surface area contributed by atoms with Crippen LogP contribution in [0, 0.1) is 11.6 Å². The van der Waals surface area contributed by atoms with Crippen LogP contribution in [0.1, 0.15) is 28.1 Å². The van der Waals surface area contributed by atoms with Crippen LogP contribution in [0.2, 0.25) is 0 Å². The maximum atomic E-state index is 16.5. The van der Waals surface area contributed by atoms with E-state index in [4.69, 9.17) is 9.47 Å². The fourth-order valence-corrected chi connectivity index (χ4v) is 7.71. The van der Waals surface area contributed by atoms with E-state index in [-0.39, 0.29) is 46.0 Å². The number of halogens is 5. The van der Waals surface area contributed by atoms with Gasteiger partial charge in [-0.1, -0.05) is 91.0 Å². The number of amides is 1. The summed E-state index contributed by atoms with van der Waals surface area (Å²) in [6.45, 7) is -0.938. The van der Waals surface area contributed by atoms with Gasteiger partial charge in [0.1, 0.15) is 36.7 Å². The first-order chi connectivity index (χ1) is 29.4. The van der Waals surface area contributed by atoms with Crippen molar-refractivity contribution in [2.45, 2.75) is 24.9 Å². The third-order valence-corrected chi connectivity index (χ3v) is 10.4. The molecule has 0 aliphatic rings. The van der Waals surface area contributed by atoms with Gasteiger partial charge >= 0.3 is 11.9 Å². The van der Waals surface area contributed by atoms with E-state index in [1.807, 2.05) is 95.6 Å². The van der Waals surface area contributed by atoms with E-state index in [2.05, 4.69) is 15.5 Å². The van der Waals surface area contributed by atoms with Crippen molar-refractivity contribution in [1.82, 2.24) is 23.9 Å². The molecule has 15 heteroatoms. The molecule has 0 saturated heterocycles. The van der Waals surface area contributed by atoms with Crippen LogP contribution in [0.25, 0.3) is 22.2 Å². The maximum absolute atomic E-state index is 16.5. The molecule has 2 heterocycles. The third-order valence-electron chi connectivity index (χ3n) is 10.4. The van der Waals surface area contributed by atoms with Gasteiger partial charge in [-0.05, 0) is 59.2 Å². The number of rotatable bonds is 12. The smallest absolute Gasteiger partial charge is 0.416 e. The normalized spacial score (nSPS) is 11.8. The van der Waals surface area contributed by atoms with Crippen LogP contribution < -0.4 is 20.5 Å². The number of carbonyl (C=O) groups is 1. The molecule has 0 bridgehead atoms. The lowest BCUT2D eigenvalue weighted by Crippen LogP contribution is -2.38. The molecule has 0 spiro atoms. The summed E-state index contributed by atoms with van der Waals surface area (Å²) in [6, 6.07) is 37.8. The molecule has 0 radical (unpaired) electrons. The van der Waals surface area contributed by atoms with Gasteiger partial charge in [0, 0.05) is 29.9 Å². The van der Waals surface area contributed by atoms with Gasteiger partial charge in [0.05, 0.1) is 23.7 Å². The summed E-state index contributed by atoms with van der Waals surface area (Å²) in [5.41, 5.74) is -1.10. The monoisotopic (exact) mass is 830 g/mol. The second-order valence-corrected chi connectivity index (χ2v) is 14.1. The summed E-state index contributed by atoms with van der Waals surface area (Å²) in [5.74, 6) is -2.07. The zero-order chi connectivity index (χ0) is 42.9. The van der Waals surface area contributed by atoms with Gasteiger partial charge in [-0.2, -0.15) is 13.2 Å². The molecule has 6 aromatic carbocycles. The number of aromatic nitrogens is 5. The summed E-state index contributed by atoms with van der Waals surface area (Å²) in [5, 5.41) is 11.2. The minimum Gasteiger partial charge on any atom is -0.493 e. The van der Waals surface area contributed by atoms with Crippen molar-refractivity contribution in [3.8, 4) is 22.6 Å². The van der Waals surface area contributed by atoms with E-state index in [0.717, 1.165) is 56.2 Å². The Morgan fingerprint density at radius 2 is 1.33 bits per heavy atom. The number of ether oxygens (including phenoxy) is 2. The SMILES string of the molecule is COc1cc(-c2cc(C(F)(F)F)cc3c2n(C)c(=O)n3CC(=O)Nc2ccc(F)cc2)c(F)cc1OCc1nncn1C(c1ccccc1)(c1ccccc1)c1ccccc1. The van der Waals surface area contributed by atoms with E-state index in [1.165, 1.54) is 32.4 Å². The molecule has 0 atom stereocenters. The fraction of sp³-hybridized carbons (Fsp3) is 0.130. The summed E-state index contributed by atoms with van der Waals surface area (Å²) in [7, 11) is 2.60. The van der Waals surface area contributed by atoms with Crippen LogP contribution in [0.4, 0.5) is 27.6 Å². The van der Waals surface area contributed by atoms with Crippen molar-refractivity contribution in [2.24, 2.45) is 7.05 Å². The van der Waals surface area contributed by atoms with Crippen LogP contribution in [-0.2, 0) is 36.7 Å². The van der Waals surface area contributed by atoms with Crippen molar-refractivity contribution < 1.29 is 36.2 Å². The molecule has 1 N–H and O–H groups in total. The summed E-state index contributed by atoms with van der Waals surface area (Å²) >= 11 is 0. The van der Waals surface area contributed by atoms with Crippen molar-refractivity contribution in [3.63, 3.8) is 0 Å². The number of anilines is 1. The molecular weight excluding hydrogens is 796 g/mol. The van der Waals surface area contributed by atoms with E-state index in [9.17, 15) is 27.2 Å². The largest absolute Gasteiger partial charge is 0.493 e. The Labute approximate surface area is 345 Å². The molecule has 0 saturated carbocycles. The number of nitrogens with zero attached hydrogens (tertiary/aromatic N) is 5. The number of carbonyl (C=O) groups excluding carboxylic acids is 1. The number of nitrogens with one attached hydrogen (secondary N) is 1. The lowest BCUT2D eigenvalue weighted by molar-refractivity contribution is -0.137. The Morgan fingerprint density at radius 1 is 0.738 bits per heavy atom. The van der Waals surface area contributed by atoms with Crippen molar-refractivity contribution in [2.75, 3.05) is 12.4 Å². The predicted molar refractivity (Wildman–Crippen MR) is 218 cm³/mol. The standard InChI is InChI=1S/C46H35F5N6O4/c1-55-43-36(22-32(46(49,50)51)23-38(43)56(44(55)59)26-42(58)53-34-20-18-33(47)19-21-34)35-24-39(60-2)40(25-37(35)48)61-27-41-54-52-28-57(41)45(29-12-6-3-7-13-29,30-14-8-4-9-15-30)31-16-10-5-11-17-31/h3-25,28H,26-27H2,1-2H3,(H,53,58). The molecule has 8 aromatic rings. The van der Waals surface area contributed by atoms with Gasteiger partial charge in [0.2, 0.25) is 5.91 Å². The molecule has 10 nitrogen and oxygen atoms in total. The highest BCUT2D eigenvalue weighted by molar-refractivity contribution is 5.96. The number of methoxy groups -OCH3 is 1. The quantitative estimate of drug-likeness (QED) is 0.0975. The maximum Gasteiger partial charge on any atom is 0.416 e. The van der Waals surface area contributed by atoms with Gasteiger partial charge in [-0.3, -0.25) is 18.5 Å². The molecule has 2 aromatic heterocycles. The molecule has 0 fully saturated rings. The van der Waals surface area contributed by atoms with Gasteiger partial charge in [-0.25, -0.2) is 13.6 Å². The van der Waals surface area contributed by atoms with Gasteiger partial charge in [-0.15, -0.1) is 10.2 Å². The number of alkyl halides is 3. The van der Waals surface area contributed by atoms with Crippen LogP contribution in [0.3, 0.4) is 0 Å². The molecule has 61 heavy (non-hydrogen) atoms. The van der Waals surface area contributed by atoms with Crippen LogP contribution in [0.15, 0.2) is 151 Å². The minimum absolute atomic E-state index is 0.0309. The number of hydrogen-bond donors (Lipinski definition) is 1. The first-order valence-corrected chi connectivity index (χ1v) is 18.8. The van der Waals surface area contributed by atoms with Crippen molar-refractivity contribution in [3.05, 3.63) is 196 Å². The zero-order valence-electron chi connectivity index (χ0n) is 32.5. The van der Waals surface area contributed by atoms with E-state index in [1.54, 1.807) is 6.33 Å². The fourth-order valence-electron chi connectivity index (χ4n) is 7.71. The van der Waals surface area contributed by atoms with E-state index >= 15 is 4.39 Å². The Morgan fingerprint density at radius 3 is 1.89 bits per heavy atom. The van der Waals surface area contributed by atoms with Crippen molar-refractivity contribution in [1.29, 1.82) is 0 Å². The number of aryl methyl sites for hydroxylation is 1. The number of imidazole rings is 1. The van der Waals surface area contributed by atoms with Crippen LogP contribution >= 0.6 is 0 Å². The number of benzene rings is 6. The molecule has 0 unspecified atom stereocenters. The first kappa shape index (κ1) is 40.2. The summed E-state index contributed by atoms with van der Waals surface area (Å²) < 4.78 is 88.9. The lowest BCUT2D eigenvalue weighted by Gasteiger charge is -2.38. The summed E-state index contributed by atoms with van der Waals surface area (Å²) in [6.07, 6.45) is -3.33. The zero-order valence-corrected chi connectivity index (χ0v) is 32.5. The number of fused-ring (bicyclic) bond motifs is 1. The van der Waals surface area contributed by atoms with Gasteiger partial charge in [0.15, 0.2) is 17.3 Å². The lowest BCUT2D eigenvalue weighted by atomic mass is 9.76. The first-order valence-electron chi connectivity index (χ1n) is 18.8. The second-order valence-electron chi connectivity index (χ2n) is 14.1.